The smallest absolute Gasteiger partial charge is 0.243 e. The summed E-state index contributed by atoms with van der Waals surface area (Å²) in [4.78, 5) is 15.0. The number of carbonyl (C=O) groups excluding carboxylic acids is 1. The number of sulfonamides is 1. The molecule has 0 atom stereocenters. The van der Waals surface area contributed by atoms with Crippen molar-refractivity contribution in [3.8, 4) is 0 Å². The molecule has 0 saturated heterocycles. The minimum atomic E-state index is -3.65. The van der Waals surface area contributed by atoms with Gasteiger partial charge in [-0.15, -0.1) is 11.8 Å². The zero-order valence-corrected chi connectivity index (χ0v) is 17.9. The van der Waals surface area contributed by atoms with Crippen LogP contribution in [0.4, 0.5) is 10.1 Å². The molecule has 0 unspecified atom stereocenters. The van der Waals surface area contributed by atoms with Crippen LogP contribution in [0, 0.1) is 5.82 Å². The quantitative estimate of drug-likeness (QED) is 0.674. The van der Waals surface area contributed by atoms with Gasteiger partial charge in [0.1, 0.15) is 5.82 Å². The molecule has 0 saturated carbocycles. The summed E-state index contributed by atoms with van der Waals surface area (Å²) in [5, 5.41) is 0.222. The summed E-state index contributed by atoms with van der Waals surface area (Å²) in [6.45, 7) is 4.42. The maximum Gasteiger partial charge on any atom is 0.243 e. The van der Waals surface area contributed by atoms with Crippen LogP contribution in [0.2, 0.25) is 5.02 Å². The van der Waals surface area contributed by atoms with Crippen LogP contribution < -0.4 is 4.90 Å². The zero-order valence-electron chi connectivity index (χ0n) is 15.5. The summed E-state index contributed by atoms with van der Waals surface area (Å²) in [5.41, 5.74) is 1.11. The minimum absolute atomic E-state index is 0.139. The molecule has 9 heteroatoms. The number of anilines is 1. The Labute approximate surface area is 173 Å². The number of nitrogens with zero attached hydrogens (tertiary/aromatic N) is 2. The van der Waals surface area contributed by atoms with Gasteiger partial charge in [0.25, 0.3) is 0 Å². The summed E-state index contributed by atoms with van der Waals surface area (Å²) < 4.78 is 40.4. The highest BCUT2D eigenvalue weighted by atomic mass is 35.5. The van der Waals surface area contributed by atoms with Gasteiger partial charge in [0.05, 0.1) is 22.9 Å². The van der Waals surface area contributed by atoms with E-state index in [4.69, 9.17) is 11.6 Å². The second-order valence-electron chi connectivity index (χ2n) is 6.22. The molecule has 0 aliphatic carbocycles. The lowest BCUT2D eigenvalue weighted by Crippen LogP contribution is -2.35. The molecular weight excluding hydrogens is 423 g/mol. The van der Waals surface area contributed by atoms with E-state index in [1.165, 1.54) is 45.2 Å². The molecule has 28 heavy (non-hydrogen) atoms. The van der Waals surface area contributed by atoms with Gasteiger partial charge in [-0.2, -0.15) is 4.31 Å². The van der Waals surface area contributed by atoms with Crippen molar-refractivity contribution >= 4 is 45.0 Å². The van der Waals surface area contributed by atoms with Crippen LogP contribution in [0.5, 0.6) is 0 Å². The van der Waals surface area contributed by atoms with Crippen molar-refractivity contribution in [1.29, 1.82) is 0 Å². The number of fused-ring (bicyclic) bond motifs is 1. The van der Waals surface area contributed by atoms with Crippen molar-refractivity contribution in [2.45, 2.75) is 30.2 Å². The number of thioether (sulfide) groups is 1. The summed E-state index contributed by atoms with van der Waals surface area (Å²) in [6.07, 6.45) is 0. The molecule has 150 valence electrons. The van der Waals surface area contributed by atoms with E-state index in [-0.39, 0.29) is 28.1 Å². The second-order valence-corrected chi connectivity index (χ2v) is 9.59. The molecule has 0 N–H and O–H groups in total. The topological polar surface area (TPSA) is 57.7 Å². The third kappa shape index (κ3) is 4.05. The number of rotatable bonds is 6. The van der Waals surface area contributed by atoms with E-state index in [2.05, 4.69) is 0 Å². The largest absolute Gasteiger partial charge is 0.306 e. The summed E-state index contributed by atoms with van der Waals surface area (Å²) in [7, 11) is -3.65. The third-order valence-electron chi connectivity index (χ3n) is 4.56. The molecule has 3 rings (SSSR count). The van der Waals surface area contributed by atoms with Crippen molar-refractivity contribution in [2.75, 3.05) is 23.7 Å². The number of halogens is 2. The Hall–Kier alpha value is -1.61. The van der Waals surface area contributed by atoms with E-state index in [1.807, 2.05) is 0 Å². The first-order valence-corrected chi connectivity index (χ1v) is 11.6. The zero-order chi connectivity index (χ0) is 20.5. The van der Waals surface area contributed by atoms with Gasteiger partial charge in [0.15, 0.2) is 0 Å². The Morgan fingerprint density at radius 2 is 1.89 bits per heavy atom. The molecule has 0 fully saturated rings. The fraction of sp³-hybridized carbons (Fsp3) is 0.316. The van der Waals surface area contributed by atoms with Crippen LogP contribution in [0.15, 0.2) is 46.2 Å². The van der Waals surface area contributed by atoms with Gasteiger partial charge in [0.2, 0.25) is 15.9 Å². The fourth-order valence-electron chi connectivity index (χ4n) is 3.05. The predicted octanol–water partition coefficient (Wildman–Crippen LogP) is 4.15. The third-order valence-corrected chi connectivity index (χ3v) is 8.01. The lowest BCUT2D eigenvalue weighted by atomic mass is 10.2. The Balaban J connectivity index is 2.03. The van der Waals surface area contributed by atoms with Crippen LogP contribution >= 0.6 is 23.4 Å². The van der Waals surface area contributed by atoms with Crippen molar-refractivity contribution in [3.63, 3.8) is 0 Å². The molecule has 1 heterocycles. The van der Waals surface area contributed by atoms with Crippen molar-refractivity contribution in [2.24, 2.45) is 0 Å². The van der Waals surface area contributed by atoms with Gasteiger partial charge >= 0.3 is 0 Å². The van der Waals surface area contributed by atoms with Crippen LogP contribution in [0.3, 0.4) is 0 Å². The Morgan fingerprint density at radius 3 is 2.54 bits per heavy atom. The maximum absolute atomic E-state index is 13.3. The van der Waals surface area contributed by atoms with Gasteiger partial charge < -0.3 is 4.90 Å². The first-order valence-electron chi connectivity index (χ1n) is 8.79. The van der Waals surface area contributed by atoms with Crippen LogP contribution in [-0.2, 0) is 21.4 Å². The van der Waals surface area contributed by atoms with Crippen molar-refractivity contribution in [1.82, 2.24) is 4.31 Å². The van der Waals surface area contributed by atoms with E-state index < -0.39 is 15.8 Å². The summed E-state index contributed by atoms with van der Waals surface area (Å²) in [6, 6.07) is 8.84. The Kier molecular flexibility index (Phi) is 6.34. The molecule has 1 aliphatic rings. The molecule has 2 aromatic rings. The van der Waals surface area contributed by atoms with E-state index in [9.17, 15) is 17.6 Å². The molecule has 0 radical (unpaired) electrons. The van der Waals surface area contributed by atoms with Gasteiger partial charge in [-0.3, -0.25) is 4.79 Å². The highest BCUT2D eigenvalue weighted by Gasteiger charge is 2.29. The average molecular weight is 443 g/mol. The second kappa shape index (κ2) is 8.41. The molecule has 0 aromatic heterocycles. The number of amides is 1. The molecule has 0 spiro atoms. The van der Waals surface area contributed by atoms with E-state index in [1.54, 1.807) is 26.0 Å². The number of hydrogen-bond acceptors (Lipinski definition) is 4. The molecule has 2 aromatic carbocycles. The minimum Gasteiger partial charge on any atom is -0.306 e. The molecule has 1 amide bonds. The first kappa shape index (κ1) is 21.1. The van der Waals surface area contributed by atoms with Gasteiger partial charge in [-0.25, -0.2) is 12.8 Å². The predicted molar refractivity (Wildman–Crippen MR) is 110 cm³/mol. The van der Waals surface area contributed by atoms with Crippen LogP contribution in [0.1, 0.15) is 19.4 Å². The van der Waals surface area contributed by atoms with Gasteiger partial charge in [0, 0.05) is 23.0 Å². The molecule has 5 nitrogen and oxygen atoms in total. The van der Waals surface area contributed by atoms with Crippen LogP contribution in [0.25, 0.3) is 0 Å². The maximum atomic E-state index is 13.3. The Morgan fingerprint density at radius 1 is 1.18 bits per heavy atom. The molecular formula is C19H20ClFN2O3S2. The van der Waals surface area contributed by atoms with Crippen molar-refractivity contribution in [3.05, 3.63) is 52.8 Å². The number of benzene rings is 2. The SMILES string of the molecule is CCN(CC)S(=O)(=O)c1ccc2c(c1)N(Cc1ccc(F)cc1Cl)C(=O)CS2. The lowest BCUT2D eigenvalue weighted by molar-refractivity contribution is -0.116. The summed E-state index contributed by atoms with van der Waals surface area (Å²) in [5.74, 6) is -0.369. The van der Waals surface area contributed by atoms with Gasteiger partial charge in [-0.1, -0.05) is 31.5 Å². The van der Waals surface area contributed by atoms with E-state index >= 15 is 0 Å². The standard InChI is InChI=1S/C19H20ClFN2O3S2/c1-3-22(4-2)28(25,26)15-7-8-18-17(10-15)23(19(24)12-27-18)11-13-5-6-14(21)9-16(13)20/h5-10H,3-4,11-12H2,1-2H3. The highest BCUT2D eigenvalue weighted by Crippen LogP contribution is 2.38. The van der Waals surface area contributed by atoms with Gasteiger partial charge in [-0.05, 0) is 35.9 Å². The molecule has 0 bridgehead atoms. The number of carbonyl (C=O) groups is 1. The highest BCUT2D eigenvalue weighted by molar-refractivity contribution is 8.00. The monoisotopic (exact) mass is 442 g/mol. The first-order chi connectivity index (χ1) is 13.3. The lowest BCUT2D eigenvalue weighted by Gasteiger charge is -2.30. The Bertz CT molecular complexity index is 1010. The normalized spacial score (nSPS) is 14.5. The molecule has 1 aliphatic heterocycles. The van der Waals surface area contributed by atoms with E-state index in [0.717, 1.165) is 4.90 Å². The van der Waals surface area contributed by atoms with Crippen molar-refractivity contribution < 1.29 is 17.6 Å². The average Bonchev–Trinajstić information content (AvgIpc) is 2.66. The number of hydrogen-bond donors (Lipinski definition) is 0. The van der Waals surface area contributed by atoms with Crippen LogP contribution in [-0.4, -0.2) is 37.5 Å². The summed E-state index contributed by atoms with van der Waals surface area (Å²) >= 11 is 7.49. The fourth-order valence-corrected chi connectivity index (χ4v) is 5.67. The van der Waals surface area contributed by atoms with E-state index in [0.29, 0.717) is 24.3 Å².